The van der Waals surface area contributed by atoms with Crippen molar-refractivity contribution in [2.45, 2.75) is 34.1 Å². The minimum Gasteiger partial charge on any atom is -0.295 e. The quantitative estimate of drug-likeness (QED) is 0.610. The lowest BCUT2D eigenvalue weighted by molar-refractivity contribution is -0.112. The molecule has 0 amide bonds. The van der Waals surface area contributed by atoms with E-state index in [-0.39, 0.29) is 11.2 Å². The van der Waals surface area contributed by atoms with Crippen LogP contribution in [0.1, 0.15) is 34.1 Å². The third kappa shape index (κ3) is 2.69. The normalized spacial score (nSPS) is 20.6. The highest BCUT2D eigenvalue weighted by molar-refractivity contribution is 5.87. The summed E-state index contributed by atoms with van der Waals surface area (Å²) in [6, 6.07) is 0. The van der Waals surface area contributed by atoms with Crippen LogP contribution in [0, 0.1) is 5.41 Å². The molecule has 0 N–H and O–H groups in total. The van der Waals surface area contributed by atoms with E-state index in [9.17, 15) is 4.79 Å². The monoisotopic (exact) mass is 190 g/mol. The first kappa shape index (κ1) is 11.0. The standard InChI is InChI=1S/C13H18O/c1-10-5-7-12(8-6-11(2)14)13(3,4)9-10/h5-8H,9H2,1-4H3. The van der Waals surface area contributed by atoms with Gasteiger partial charge < -0.3 is 0 Å². The molecule has 1 nitrogen and oxygen atoms in total. The molecule has 1 rings (SSSR count). The van der Waals surface area contributed by atoms with E-state index >= 15 is 0 Å². The van der Waals surface area contributed by atoms with Gasteiger partial charge in [-0.15, -0.1) is 0 Å². The van der Waals surface area contributed by atoms with E-state index in [4.69, 9.17) is 0 Å². The molecular weight excluding hydrogens is 172 g/mol. The van der Waals surface area contributed by atoms with Crippen molar-refractivity contribution in [1.29, 1.82) is 0 Å². The Bertz CT molecular complexity index is 327. The average molecular weight is 190 g/mol. The van der Waals surface area contributed by atoms with Gasteiger partial charge in [0, 0.05) is 0 Å². The Balaban J connectivity index is 2.91. The number of rotatable bonds is 2. The Hall–Kier alpha value is -1.11. The van der Waals surface area contributed by atoms with Crippen molar-refractivity contribution in [2.24, 2.45) is 5.41 Å². The fourth-order valence-electron chi connectivity index (χ4n) is 1.80. The van der Waals surface area contributed by atoms with Gasteiger partial charge >= 0.3 is 0 Å². The predicted molar refractivity (Wildman–Crippen MR) is 60.1 cm³/mol. The van der Waals surface area contributed by atoms with Gasteiger partial charge in [0.15, 0.2) is 5.78 Å². The lowest BCUT2D eigenvalue weighted by Crippen LogP contribution is -2.16. The molecule has 0 unspecified atom stereocenters. The SMILES string of the molecule is CC(=O)C=CC1=CC=C(C)CC1(C)C. The highest BCUT2D eigenvalue weighted by Crippen LogP contribution is 2.37. The molecule has 0 aliphatic heterocycles. The second-order valence-electron chi connectivity index (χ2n) is 4.64. The molecule has 0 aromatic rings. The molecule has 1 aliphatic rings. The zero-order chi connectivity index (χ0) is 10.8. The van der Waals surface area contributed by atoms with Crippen LogP contribution in [0.4, 0.5) is 0 Å². The van der Waals surface area contributed by atoms with E-state index in [1.54, 1.807) is 13.0 Å². The summed E-state index contributed by atoms with van der Waals surface area (Å²) in [6.45, 7) is 8.14. The summed E-state index contributed by atoms with van der Waals surface area (Å²) in [6.07, 6.45) is 8.89. The molecule has 0 aromatic heterocycles. The Morgan fingerprint density at radius 3 is 2.57 bits per heavy atom. The lowest BCUT2D eigenvalue weighted by Gasteiger charge is -2.29. The van der Waals surface area contributed by atoms with Gasteiger partial charge in [0.2, 0.25) is 0 Å². The topological polar surface area (TPSA) is 17.1 Å². The number of carbonyl (C=O) groups is 1. The Kier molecular flexibility index (Phi) is 3.10. The molecule has 0 atom stereocenters. The largest absolute Gasteiger partial charge is 0.295 e. The molecule has 0 aromatic carbocycles. The van der Waals surface area contributed by atoms with Crippen LogP contribution in [0.2, 0.25) is 0 Å². The molecule has 0 saturated heterocycles. The molecule has 14 heavy (non-hydrogen) atoms. The molecule has 1 heteroatoms. The summed E-state index contributed by atoms with van der Waals surface area (Å²) in [4.78, 5) is 10.8. The van der Waals surface area contributed by atoms with E-state index in [0.29, 0.717) is 0 Å². The summed E-state index contributed by atoms with van der Waals surface area (Å²) >= 11 is 0. The molecule has 0 bridgehead atoms. The number of carbonyl (C=O) groups excluding carboxylic acids is 1. The van der Waals surface area contributed by atoms with Gasteiger partial charge in [-0.1, -0.05) is 37.6 Å². The van der Waals surface area contributed by atoms with E-state index in [1.807, 2.05) is 6.08 Å². The second kappa shape index (κ2) is 3.95. The molecule has 0 saturated carbocycles. The van der Waals surface area contributed by atoms with Crippen LogP contribution in [-0.2, 0) is 4.79 Å². The van der Waals surface area contributed by atoms with Crippen LogP contribution < -0.4 is 0 Å². The maximum Gasteiger partial charge on any atom is 0.152 e. The van der Waals surface area contributed by atoms with Crippen molar-refractivity contribution in [2.75, 3.05) is 0 Å². The molecule has 0 spiro atoms. The Morgan fingerprint density at radius 2 is 2.07 bits per heavy atom. The molecule has 0 radical (unpaired) electrons. The summed E-state index contributed by atoms with van der Waals surface area (Å²) < 4.78 is 0. The number of hydrogen-bond donors (Lipinski definition) is 0. The zero-order valence-electron chi connectivity index (χ0n) is 9.42. The zero-order valence-corrected chi connectivity index (χ0v) is 9.42. The summed E-state index contributed by atoms with van der Waals surface area (Å²) in [5.41, 5.74) is 2.79. The van der Waals surface area contributed by atoms with Crippen molar-refractivity contribution in [3.63, 3.8) is 0 Å². The average Bonchev–Trinajstić information content (AvgIpc) is 2.00. The number of hydrogen-bond acceptors (Lipinski definition) is 1. The predicted octanol–water partition coefficient (Wildman–Crippen LogP) is 3.43. The van der Waals surface area contributed by atoms with Gasteiger partial charge in [0.25, 0.3) is 0 Å². The summed E-state index contributed by atoms with van der Waals surface area (Å²) in [5.74, 6) is 0.105. The van der Waals surface area contributed by atoms with Gasteiger partial charge in [-0.25, -0.2) is 0 Å². The molecule has 1 aliphatic carbocycles. The van der Waals surface area contributed by atoms with Gasteiger partial charge in [0.05, 0.1) is 0 Å². The van der Waals surface area contributed by atoms with Crippen LogP contribution in [0.15, 0.2) is 35.5 Å². The fraction of sp³-hybridized carbons (Fsp3) is 0.462. The van der Waals surface area contributed by atoms with Crippen molar-refractivity contribution < 1.29 is 4.79 Å². The highest BCUT2D eigenvalue weighted by Gasteiger charge is 2.23. The van der Waals surface area contributed by atoms with Crippen LogP contribution in [0.5, 0.6) is 0 Å². The van der Waals surface area contributed by atoms with Gasteiger partial charge in [-0.2, -0.15) is 0 Å². The Labute approximate surface area is 86.2 Å². The van der Waals surface area contributed by atoms with E-state index < -0.39 is 0 Å². The first-order valence-corrected chi connectivity index (χ1v) is 4.98. The number of allylic oxidation sites excluding steroid dienone is 6. The van der Waals surface area contributed by atoms with Crippen molar-refractivity contribution in [1.82, 2.24) is 0 Å². The minimum atomic E-state index is 0.105. The van der Waals surface area contributed by atoms with Crippen molar-refractivity contribution in [3.05, 3.63) is 35.5 Å². The van der Waals surface area contributed by atoms with Crippen LogP contribution in [0.25, 0.3) is 0 Å². The maximum atomic E-state index is 10.8. The van der Waals surface area contributed by atoms with E-state index in [2.05, 4.69) is 32.9 Å². The van der Waals surface area contributed by atoms with Gasteiger partial charge in [-0.05, 0) is 37.3 Å². The van der Waals surface area contributed by atoms with Gasteiger partial charge in [0.1, 0.15) is 0 Å². The van der Waals surface area contributed by atoms with Gasteiger partial charge in [-0.3, -0.25) is 4.79 Å². The van der Waals surface area contributed by atoms with E-state index in [0.717, 1.165) is 6.42 Å². The van der Waals surface area contributed by atoms with Crippen LogP contribution in [0.3, 0.4) is 0 Å². The smallest absolute Gasteiger partial charge is 0.152 e. The molecule has 76 valence electrons. The highest BCUT2D eigenvalue weighted by atomic mass is 16.1. The Morgan fingerprint density at radius 1 is 1.43 bits per heavy atom. The minimum absolute atomic E-state index is 0.105. The molecule has 0 fully saturated rings. The van der Waals surface area contributed by atoms with Crippen molar-refractivity contribution >= 4 is 5.78 Å². The third-order valence-electron chi connectivity index (χ3n) is 2.55. The summed E-state index contributed by atoms with van der Waals surface area (Å²) in [5, 5.41) is 0. The van der Waals surface area contributed by atoms with Crippen molar-refractivity contribution in [3.8, 4) is 0 Å². The molecule has 0 heterocycles. The van der Waals surface area contributed by atoms with Crippen LogP contribution >= 0.6 is 0 Å². The number of ketones is 1. The first-order chi connectivity index (χ1) is 6.42. The lowest BCUT2D eigenvalue weighted by atomic mass is 9.75. The molecular formula is C13H18O. The first-order valence-electron chi connectivity index (χ1n) is 4.98. The third-order valence-corrected chi connectivity index (χ3v) is 2.55. The van der Waals surface area contributed by atoms with Crippen LogP contribution in [-0.4, -0.2) is 5.78 Å². The fourth-order valence-corrected chi connectivity index (χ4v) is 1.80. The summed E-state index contributed by atoms with van der Waals surface area (Å²) in [7, 11) is 0. The van der Waals surface area contributed by atoms with E-state index in [1.165, 1.54) is 11.1 Å². The maximum absolute atomic E-state index is 10.8. The second-order valence-corrected chi connectivity index (χ2v) is 4.64.